The van der Waals surface area contributed by atoms with Crippen LogP contribution in [0.4, 0.5) is 15.3 Å². The number of rotatable bonds is 5. The Labute approximate surface area is 227 Å². The molecule has 1 aliphatic carbocycles. The molecule has 1 heterocycles. The lowest BCUT2D eigenvalue weighted by molar-refractivity contribution is 0.0558. The molecule has 8 heteroatoms. The smallest absolute Gasteiger partial charge is 0.415 e. The van der Waals surface area contributed by atoms with Crippen LogP contribution in [-0.4, -0.2) is 48.1 Å². The number of anilines is 1. The predicted octanol–water partition coefficient (Wildman–Crippen LogP) is 5.98. The SMILES string of the molecule is CC(C)(C)OC(=O)N1c2ccc(C(=O)O)cc2CCC1CNC(=O)OCC1c2ccccc2-c2ccccc21. The Balaban J connectivity index is 1.28. The van der Waals surface area contributed by atoms with Gasteiger partial charge < -0.3 is 19.9 Å². The first-order valence-corrected chi connectivity index (χ1v) is 13.1. The summed E-state index contributed by atoms with van der Waals surface area (Å²) >= 11 is 0. The molecule has 3 aromatic rings. The van der Waals surface area contributed by atoms with Crippen molar-refractivity contribution in [2.75, 3.05) is 18.1 Å². The Kier molecular flexibility index (Phi) is 7.04. The van der Waals surface area contributed by atoms with E-state index in [1.165, 1.54) is 11.0 Å². The van der Waals surface area contributed by atoms with E-state index in [-0.39, 0.29) is 30.7 Å². The van der Waals surface area contributed by atoms with Crippen LogP contribution < -0.4 is 10.2 Å². The van der Waals surface area contributed by atoms with E-state index in [4.69, 9.17) is 9.47 Å². The van der Waals surface area contributed by atoms with Crippen LogP contribution in [0.15, 0.2) is 66.7 Å². The minimum absolute atomic E-state index is 0.0496. The first-order valence-electron chi connectivity index (χ1n) is 13.1. The number of hydrogen-bond acceptors (Lipinski definition) is 5. The number of aryl methyl sites for hydroxylation is 1. The van der Waals surface area contributed by atoms with Gasteiger partial charge in [-0.05, 0) is 79.6 Å². The number of alkyl carbamates (subject to hydrolysis) is 1. The summed E-state index contributed by atoms with van der Waals surface area (Å²) in [5, 5.41) is 12.2. The molecule has 0 saturated carbocycles. The van der Waals surface area contributed by atoms with Crippen LogP contribution in [0, 0.1) is 0 Å². The second kappa shape index (κ2) is 10.4. The average molecular weight is 529 g/mol. The van der Waals surface area contributed by atoms with Crippen molar-refractivity contribution in [1.29, 1.82) is 0 Å². The molecule has 1 aliphatic heterocycles. The maximum absolute atomic E-state index is 13.2. The zero-order valence-electron chi connectivity index (χ0n) is 22.3. The largest absolute Gasteiger partial charge is 0.478 e. The summed E-state index contributed by atoms with van der Waals surface area (Å²) in [5.41, 5.74) is 5.34. The van der Waals surface area contributed by atoms with E-state index in [0.29, 0.717) is 18.5 Å². The molecule has 202 valence electrons. The van der Waals surface area contributed by atoms with E-state index < -0.39 is 23.8 Å². The van der Waals surface area contributed by atoms with Crippen molar-refractivity contribution in [2.45, 2.75) is 51.2 Å². The summed E-state index contributed by atoms with van der Waals surface area (Å²) in [6, 6.07) is 20.6. The number of fused-ring (bicyclic) bond motifs is 4. The number of carboxylic acids is 1. The number of ether oxygens (including phenoxy) is 2. The minimum Gasteiger partial charge on any atom is -0.478 e. The number of aromatic carboxylic acids is 1. The van der Waals surface area contributed by atoms with E-state index in [9.17, 15) is 19.5 Å². The van der Waals surface area contributed by atoms with Crippen LogP contribution >= 0.6 is 0 Å². The maximum Gasteiger partial charge on any atom is 0.415 e. The van der Waals surface area contributed by atoms with Crippen LogP contribution in [0.2, 0.25) is 0 Å². The summed E-state index contributed by atoms with van der Waals surface area (Å²) in [7, 11) is 0. The van der Waals surface area contributed by atoms with Gasteiger partial charge in [0.2, 0.25) is 0 Å². The summed E-state index contributed by atoms with van der Waals surface area (Å²) in [4.78, 5) is 39.0. The van der Waals surface area contributed by atoms with Crippen molar-refractivity contribution in [1.82, 2.24) is 5.32 Å². The first kappa shape index (κ1) is 26.3. The minimum atomic E-state index is -1.03. The maximum atomic E-state index is 13.2. The molecule has 1 atom stereocenters. The van der Waals surface area contributed by atoms with Crippen molar-refractivity contribution < 1.29 is 29.0 Å². The van der Waals surface area contributed by atoms with Crippen LogP contribution in [0.3, 0.4) is 0 Å². The summed E-state index contributed by atoms with van der Waals surface area (Å²) in [6.45, 7) is 5.71. The molecule has 0 fully saturated rings. The molecule has 2 aliphatic rings. The van der Waals surface area contributed by atoms with Crippen molar-refractivity contribution in [2.24, 2.45) is 0 Å². The van der Waals surface area contributed by atoms with Crippen molar-refractivity contribution in [3.63, 3.8) is 0 Å². The van der Waals surface area contributed by atoms with Crippen LogP contribution in [0.25, 0.3) is 11.1 Å². The number of carboxylic acid groups (broad SMARTS) is 1. The monoisotopic (exact) mass is 528 g/mol. The zero-order valence-corrected chi connectivity index (χ0v) is 22.3. The van der Waals surface area contributed by atoms with Gasteiger partial charge in [-0.2, -0.15) is 0 Å². The van der Waals surface area contributed by atoms with Crippen LogP contribution in [0.5, 0.6) is 0 Å². The number of nitrogens with zero attached hydrogens (tertiary/aromatic N) is 1. The highest BCUT2D eigenvalue weighted by Crippen LogP contribution is 2.44. The lowest BCUT2D eigenvalue weighted by Gasteiger charge is -2.38. The number of hydrogen-bond donors (Lipinski definition) is 2. The number of nitrogens with one attached hydrogen (secondary N) is 1. The Hall–Kier alpha value is -4.33. The molecule has 2 amide bonds. The van der Waals surface area contributed by atoms with Gasteiger partial charge in [-0.1, -0.05) is 48.5 Å². The Bertz CT molecular complexity index is 1380. The number of amides is 2. The standard InChI is InChI=1S/C31H32N2O6/c1-31(2,3)39-30(37)33-21(14-12-19-16-20(28(34)35)13-15-27(19)33)17-32-29(36)38-18-26-24-10-6-4-8-22(24)23-9-5-7-11-25(23)26/h4-11,13,15-16,21,26H,12,14,17-18H2,1-3H3,(H,32,36)(H,34,35). The Morgan fingerprint density at radius 1 is 0.974 bits per heavy atom. The molecule has 3 aromatic carbocycles. The topological polar surface area (TPSA) is 105 Å². The van der Waals surface area contributed by atoms with E-state index in [0.717, 1.165) is 27.8 Å². The van der Waals surface area contributed by atoms with Gasteiger partial charge in [0.1, 0.15) is 12.2 Å². The fourth-order valence-electron chi connectivity index (χ4n) is 5.40. The van der Waals surface area contributed by atoms with E-state index in [2.05, 4.69) is 29.6 Å². The second-order valence-corrected chi connectivity index (χ2v) is 10.9. The van der Waals surface area contributed by atoms with Gasteiger partial charge in [0.15, 0.2) is 0 Å². The molecule has 0 radical (unpaired) electrons. The highest BCUT2D eigenvalue weighted by Gasteiger charge is 2.35. The molecular weight excluding hydrogens is 496 g/mol. The fourth-order valence-corrected chi connectivity index (χ4v) is 5.40. The van der Waals surface area contributed by atoms with Gasteiger partial charge in [0, 0.05) is 12.5 Å². The fraction of sp³-hybridized carbons (Fsp3) is 0.323. The first-order chi connectivity index (χ1) is 18.6. The molecule has 39 heavy (non-hydrogen) atoms. The molecule has 1 unspecified atom stereocenters. The molecule has 5 rings (SSSR count). The van der Waals surface area contributed by atoms with Gasteiger partial charge in [0.25, 0.3) is 0 Å². The van der Waals surface area contributed by atoms with Gasteiger partial charge in [-0.3, -0.25) is 4.90 Å². The molecule has 8 nitrogen and oxygen atoms in total. The number of carbonyl (C=O) groups is 3. The van der Waals surface area contributed by atoms with Gasteiger partial charge in [-0.25, -0.2) is 14.4 Å². The lowest BCUT2D eigenvalue weighted by Crippen LogP contribution is -2.51. The molecule has 2 N–H and O–H groups in total. The third-order valence-electron chi connectivity index (χ3n) is 7.11. The van der Waals surface area contributed by atoms with E-state index >= 15 is 0 Å². The van der Waals surface area contributed by atoms with Gasteiger partial charge in [0.05, 0.1) is 17.3 Å². The quantitative estimate of drug-likeness (QED) is 0.422. The highest BCUT2D eigenvalue weighted by atomic mass is 16.6. The Morgan fingerprint density at radius 2 is 1.62 bits per heavy atom. The summed E-state index contributed by atoms with van der Waals surface area (Å²) < 4.78 is 11.3. The normalized spacial score (nSPS) is 16.1. The van der Waals surface area contributed by atoms with Crippen molar-refractivity contribution >= 4 is 23.8 Å². The van der Waals surface area contributed by atoms with Crippen molar-refractivity contribution in [3.05, 3.63) is 89.0 Å². The molecule has 0 saturated heterocycles. The summed E-state index contributed by atoms with van der Waals surface area (Å²) in [5.74, 6) is -1.08. The average Bonchev–Trinajstić information content (AvgIpc) is 3.22. The molecule has 0 spiro atoms. The lowest BCUT2D eigenvalue weighted by atomic mass is 9.94. The molecule has 0 aromatic heterocycles. The zero-order chi connectivity index (χ0) is 27.7. The van der Waals surface area contributed by atoms with Crippen molar-refractivity contribution in [3.8, 4) is 11.1 Å². The van der Waals surface area contributed by atoms with E-state index in [1.807, 2.05) is 24.3 Å². The van der Waals surface area contributed by atoms with Gasteiger partial charge in [-0.15, -0.1) is 0 Å². The Morgan fingerprint density at radius 3 is 2.23 bits per heavy atom. The third kappa shape index (κ3) is 5.46. The highest BCUT2D eigenvalue weighted by molar-refractivity contribution is 5.93. The van der Waals surface area contributed by atoms with Crippen LogP contribution in [-0.2, 0) is 15.9 Å². The number of benzene rings is 3. The number of carbonyl (C=O) groups excluding carboxylic acids is 2. The molecular formula is C31H32N2O6. The van der Waals surface area contributed by atoms with E-state index in [1.54, 1.807) is 32.9 Å². The molecule has 0 bridgehead atoms. The summed E-state index contributed by atoms with van der Waals surface area (Å²) in [6.07, 6.45) is -0.0231. The van der Waals surface area contributed by atoms with Gasteiger partial charge >= 0.3 is 18.2 Å². The predicted molar refractivity (Wildman–Crippen MR) is 147 cm³/mol. The van der Waals surface area contributed by atoms with Crippen LogP contribution in [0.1, 0.15) is 60.2 Å². The second-order valence-electron chi connectivity index (χ2n) is 10.9. The third-order valence-corrected chi connectivity index (χ3v) is 7.11.